The van der Waals surface area contributed by atoms with Gasteiger partial charge < -0.3 is 5.32 Å². The number of rotatable bonds is 9. The molecule has 6 rings (SSSR count). The van der Waals surface area contributed by atoms with Gasteiger partial charge in [-0.25, -0.2) is 13.1 Å². The van der Waals surface area contributed by atoms with E-state index in [0.29, 0.717) is 11.4 Å². The predicted molar refractivity (Wildman–Crippen MR) is 172 cm³/mol. The predicted octanol–water partition coefficient (Wildman–Crippen LogP) is 5.98. The van der Waals surface area contributed by atoms with Crippen LogP contribution in [0.25, 0.3) is 10.8 Å². The first-order valence-corrected chi connectivity index (χ1v) is 17.1. The molecule has 6 heteroatoms. The van der Waals surface area contributed by atoms with Crippen molar-refractivity contribution in [1.29, 1.82) is 0 Å². The van der Waals surface area contributed by atoms with E-state index in [0.717, 1.165) is 36.5 Å². The molecular weight excluding hydrogens is 543 g/mol. The maximum Gasteiger partial charge on any atom is 0.240 e. The first kappa shape index (κ1) is 27.8. The molecule has 2 atom stereocenters. The number of fused-ring (bicyclic) bond motifs is 1. The highest BCUT2D eigenvalue weighted by molar-refractivity contribution is 7.89. The van der Waals surface area contributed by atoms with Gasteiger partial charge in [0.1, 0.15) is 0 Å². The minimum Gasteiger partial charge on any atom is -0.308 e. The number of hydrogen-bond donors (Lipinski definition) is 2. The van der Waals surface area contributed by atoms with Gasteiger partial charge in [0.25, 0.3) is 0 Å². The number of sulfonamides is 1. The van der Waals surface area contributed by atoms with Crippen LogP contribution in [0.1, 0.15) is 31.2 Å². The van der Waals surface area contributed by atoms with Gasteiger partial charge in [0, 0.05) is 18.6 Å². The Bertz CT molecular complexity index is 1670. The topological polar surface area (TPSA) is 58.2 Å². The Balaban J connectivity index is 1.23. The van der Waals surface area contributed by atoms with E-state index in [1.807, 2.05) is 30.3 Å². The van der Waals surface area contributed by atoms with Gasteiger partial charge in [0.2, 0.25) is 10.0 Å². The Hall–Kier alpha value is -3.34. The van der Waals surface area contributed by atoms with E-state index >= 15 is 0 Å². The standard InChI is InChI=1S/C35H35N2O2PS/c38-41(39,32-24-23-27-13-7-8-14-28(27)25-32)37-34-21-11-10-20-33(34)36-26-29-15-9-12-22-35(29)40(30-16-3-1-4-17-30)31-18-5-2-6-19-31/h1-9,12-19,22-25,33-34,36-37H,10-11,20-21,26H2/t33-,34-/m1/s1. The molecular formula is C35H35N2O2PS. The average Bonchev–Trinajstić information content (AvgIpc) is 3.02. The van der Waals surface area contributed by atoms with Crippen LogP contribution in [-0.2, 0) is 16.6 Å². The summed E-state index contributed by atoms with van der Waals surface area (Å²) in [5.41, 5.74) is 1.26. The SMILES string of the molecule is O=S(=O)(N[C@@H]1CCCC[C@H]1NCc1ccccc1P(c1ccccc1)c1ccccc1)c1ccc2ccccc2c1. The maximum absolute atomic E-state index is 13.5. The highest BCUT2D eigenvalue weighted by Gasteiger charge is 2.30. The lowest BCUT2D eigenvalue weighted by Crippen LogP contribution is -2.51. The minimum atomic E-state index is -3.65. The van der Waals surface area contributed by atoms with Crippen molar-refractivity contribution in [3.05, 3.63) is 133 Å². The van der Waals surface area contributed by atoms with E-state index in [4.69, 9.17) is 0 Å². The Kier molecular flexibility index (Phi) is 8.59. The molecule has 1 aliphatic carbocycles. The minimum absolute atomic E-state index is 0.0618. The first-order chi connectivity index (χ1) is 20.1. The summed E-state index contributed by atoms with van der Waals surface area (Å²) in [6.45, 7) is 0.688. The molecule has 2 N–H and O–H groups in total. The van der Waals surface area contributed by atoms with Crippen LogP contribution in [0.2, 0.25) is 0 Å². The zero-order chi connectivity index (χ0) is 28.1. The lowest BCUT2D eigenvalue weighted by Gasteiger charge is -2.33. The molecule has 5 aromatic carbocycles. The van der Waals surface area contributed by atoms with E-state index in [-0.39, 0.29) is 12.1 Å². The largest absolute Gasteiger partial charge is 0.308 e. The van der Waals surface area contributed by atoms with Gasteiger partial charge in [-0.05, 0) is 65.1 Å². The Morgan fingerprint density at radius 1 is 0.634 bits per heavy atom. The van der Waals surface area contributed by atoms with E-state index < -0.39 is 17.9 Å². The van der Waals surface area contributed by atoms with Crippen LogP contribution in [0.15, 0.2) is 132 Å². The molecule has 5 aromatic rings. The van der Waals surface area contributed by atoms with Crippen molar-refractivity contribution in [3.63, 3.8) is 0 Å². The third-order valence-electron chi connectivity index (χ3n) is 7.92. The van der Waals surface area contributed by atoms with Crippen molar-refractivity contribution in [3.8, 4) is 0 Å². The van der Waals surface area contributed by atoms with Crippen LogP contribution < -0.4 is 26.0 Å². The molecule has 1 saturated carbocycles. The second-order valence-corrected chi connectivity index (χ2v) is 14.5. The van der Waals surface area contributed by atoms with Crippen LogP contribution in [0.4, 0.5) is 0 Å². The molecule has 0 radical (unpaired) electrons. The molecule has 1 fully saturated rings. The molecule has 0 unspecified atom stereocenters. The molecule has 0 heterocycles. The summed E-state index contributed by atoms with van der Waals surface area (Å²) in [5.74, 6) is 0. The average molecular weight is 579 g/mol. The summed E-state index contributed by atoms with van der Waals surface area (Å²) in [5, 5.41) is 9.71. The normalized spacial score (nSPS) is 17.6. The Morgan fingerprint density at radius 3 is 1.93 bits per heavy atom. The highest BCUT2D eigenvalue weighted by atomic mass is 32.2. The van der Waals surface area contributed by atoms with Gasteiger partial charge in [-0.3, -0.25) is 0 Å². The molecule has 4 nitrogen and oxygen atoms in total. The van der Waals surface area contributed by atoms with Gasteiger partial charge in [0.15, 0.2) is 0 Å². The van der Waals surface area contributed by atoms with Gasteiger partial charge in [-0.2, -0.15) is 0 Å². The second kappa shape index (κ2) is 12.7. The summed E-state index contributed by atoms with van der Waals surface area (Å²) < 4.78 is 30.0. The summed E-state index contributed by atoms with van der Waals surface area (Å²) in [7, 11) is -4.37. The molecule has 0 bridgehead atoms. The number of nitrogens with one attached hydrogen (secondary N) is 2. The zero-order valence-electron chi connectivity index (χ0n) is 23.0. The van der Waals surface area contributed by atoms with E-state index in [2.05, 4.69) is 95.0 Å². The first-order valence-electron chi connectivity index (χ1n) is 14.3. The fourth-order valence-corrected chi connectivity index (χ4v) is 9.64. The Morgan fingerprint density at radius 2 is 1.22 bits per heavy atom. The van der Waals surface area contributed by atoms with Crippen molar-refractivity contribution in [2.24, 2.45) is 0 Å². The van der Waals surface area contributed by atoms with Gasteiger partial charge in [0.05, 0.1) is 4.90 Å². The number of benzene rings is 5. The molecule has 208 valence electrons. The van der Waals surface area contributed by atoms with E-state index in [1.54, 1.807) is 12.1 Å². The molecule has 0 spiro atoms. The molecule has 0 amide bonds. The van der Waals surface area contributed by atoms with Crippen molar-refractivity contribution in [1.82, 2.24) is 10.0 Å². The molecule has 0 saturated heterocycles. The fraction of sp³-hybridized carbons (Fsp3) is 0.200. The maximum atomic E-state index is 13.5. The van der Waals surface area contributed by atoms with Gasteiger partial charge in [-0.1, -0.05) is 128 Å². The summed E-state index contributed by atoms with van der Waals surface area (Å²) in [6.07, 6.45) is 3.88. The lowest BCUT2D eigenvalue weighted by atomic mass is 9.91. The highest BCUT2D eigenvalue weighted by Crippen LogP contribution is 2.34. The summed E-state index contributed by atoms with van der Waals surface area (Å²) >= 11 is 0. The second-order valence-electron chi connectivity index (χ2n) is 10.6. The number of hydrogen-bond acceptors (Lipinski definition) is 3. The summed E-state index contributed by atoms with van der Waals surface area (Å²) in [6, 6.07) is 43.3. The van der Waals surface area contributed by atoms with Crippen LogP contribution in [0.5, 0.6) is 0 Å². The monoisotopic (exact) mass is 578 g/mol. The molecule has 0 aliphatic heterocycles. The van der Waals surface area contributed by atoms with E-state index in [9.17, 15) is 8.42 Å². The third-order valence-corrected chi connectivity index (χ3v) is 12.0. The quantitative estimate of drug-likeness (QED) is 0.212. The van der Waals surface area contributed by atoms with Crippen LogP contribution >= 0.6 is 7.92 Å². The third kappa shape index (κ3) is 6.45. The van der Waals surface area contributed by atoms with Crippen molar-refractivity contribution in [2.45, 2.75) is 49.2 Å². The molecule has 1 aliphatic rings. The van der Waals surface area contributed by atoms with Gasteiger partial charge >= 0.3 is 0 Å². The van der Waals surface area contributed by atoms with Crippen molar-refractivity contribution in [2.75, 3.05) is 0 Å². The molecule has 41 heavy (non-hydrogen) atoms. The zero-order valence-corrected chi connectivity index (χ0v) is 24.7. The fourth-order valence-electron chi connectivity index (χ4n) is 5.82. The van der Waals surface area contributed by atoms with Crippen molar-refractivity contribution >= 4 is 44.6 Å². The van der Waals surface area contributed by atoms with E-state index in [1.165, 1.54) is 21.5 Å². The van der Waals surface area contributed by atoms with Crippen LogP contribution in [0.3, 0.4) is 0 Å². The smallest absolute Gasteiger partial charge is 0.240 e. The molecule has 0 aromatic heterocycles. The van der Waals surface area contributed by atoms with Crippen molar-refractivity contribution < 1.29 is 8.42 Å². The van der Waals surface area contributed by atoms with Crippen LogP contribution in [-0.4, -0.2) is 20.5 Å². The Labute approximate surface area is 244 Å². The van der Waals surface area contributed by atoms with Gasteiger partial charge in [-0.15, -0.1) is 0 Å². The summed E-state index contributed by atoms with van der Waals surface area (Å²) in [4.78, 5) is 0.322. The van der Waals surface area contributed by atoms with Crippen LogP contribution in [0, 0.1) is 0 Å². The lowest BCUT2D eigenvalue weighted by molar-refractivity contribution is 0.309.